The van der Waals surface area contributed by atoms with Crippen LogP contribution in [0.1, 0.15) is 42.3 Å². The molecule has 210 valence electrons. The number of nitrogens with one attached hydrogen (secondary N) is 2. The van der Waals surface area contributed by atoms with Crippen molar-refractivity contribution in [3.63, 3.8) is 0 Å². The van der Waals surface area contributed by atoms with Crippen LogP contribution >= 0.6 is 0 Å². The first-order valence-electron chi connectivity index (χ1n) is 13.9. The predicted octanol–water partition coefficient (Wildman–Crippen LogP) is 3.95. The second-order valence-electron chi connectivity index (χ2n) is 10.8. The Balaban J connectivity index is 1.22. The van der Waals surface area contributed by atoms with Gasteiger partial charge in [0.25, 0.3) is 0 Å². The zero-order valence-corrected chi connectivity index (χ0v) is 22.8. The SMILES string of the molecule is Cc1c(-c2cnn(C)c2)nn(C2C=CC=CC2)c1NC(=O)N[C@@H]1CN(CCOC2CC2)C[C@H]1c1ccnc(F)c1. The van der Waals surface area contributed by atoms with Gasteiger partial charge < -0.3 is 10.1 Å². The van der Waals surface area contributed by atoms with Crippen molar-refractivity contribution in [3.05, 3.63) is 72.1 Å². The van der Waals surface area contributed by atoms with Gasteiger partial charge >= 0.3 is 6.03 Å². The van der Waals surface area contributed by atoms with E-state index in [0.29, 0.717) is 31.6 Å². The molecule has 4 heterocycles. The Bertz CT molecular complexity index is 1430. The number of amides is 2. The fraction of sp³-hybridized carbons (Fsp3) is 0.448. The lowest BCUT2D eigenvalue weighted by Crippen LogP contribution is -2.42. The zero-order chi connectivity index (χ0) is 27.6. The number of aryl methyl sites for hydroxylation is 1. The second kappa shape index (κ2) is 11.3. The van der Waals surface area contributed by atoms with Crippen LogP contribution in [-0.2, 0) is 11.8 Å². The van der Waals surface area contributed by atoms with Gasteiger partial charge in [0, 0.05) is 56.1 Å². The summed E-state index contributed by atoms with van der Waals surface area (Å²) in [5.74, 6) is 0.0429. The molecule has 3 aromatic rings. The number of ether oxygens (including phenoxy) is 1. The Morgan fingerprint density at radius 2 is 2.12 bits per heavy atom. The zero-order valence-electron chi connectivity index (χ0n) is 22.8. The van der Waals surface area contributed by atoms with E-state index in [0.717, 1.165) is 48.2 Å². The van der Waals surface area contributed by atoms with E-state index < -0.39 is 5.95 Å². The summed E-state index contributed by atoms with van der Waals surface area (Å²) >= 11 is 0. The van der Waals surface area contributed by atoms with Crippen LogP contribution in [0, 0.1) is 12.9 Å². The highest BCUT2D eigenvalue weighted by Gasteiger charge is 2.36. The minimum absolute atomic E-state index is 0.0228. The minimum Gasteiger partial charge on any atom is -0.377 e. The Morgan fingerprint density at radius 3 is 2.85 bits per heavy atom. The van der Waals surface area contributed by atoms with E-state index in [-0.39, 0.29) is 24.0 Å². The summed E-state index contributed by atoms with van der Waals surface area (Å²) in [7, 11) is 1.87. The minimum atomic E-state index is -0.520. The lowest BCUT2D eigenvalue weighted by Gasteiger charge is -2.22. The van der Waals surface area contributed by atoms with Crippen molar-refractivity contribution >= 4 is 11.8 Å². The summed E-state index contributed by atoms with van der Waals surface area (Å²) in [5, 5.41) is 15.5. The number of nitrogens with zero attached hydrogens (tertiary/aromatic N) is 6. The van der Waals surface area contributed by atoms with Gasteiger partial charge in [-0.25, -0.2) is 14.5 Å². The molecule has 0 radical (unpaired) electrons. The number of aromatic nitrogens is 5. The first-order chi connectivity index (χ1) is 19.4. The third-order valence-electron chi connectivity index (χ3n) is 7.81. The van der Waals surface area contributed by atoms with Crippen LogP contribution in [-0.4, -0.2) is 73.9 Å². The molecule has 11 heteroatoms. The molecule has 2 amide bonds. The maximum absolute atomic E-state index is 14.0. The molecule has 1 aliphatic heterocycles. The highest BCUT2D eigenvalue weighted by Crippen LogP contribution is 2.33. The summed E-state index contributed by atoms with van der Waals surface area (Å²) in [6.07, 6.45) is 16.8. The van der Waals surface area contributed by atoms with Gasteiger partial charge in [0.2, 0.25) is 5.95 Å². The molecule has 1 saturated heterocycles. The normalized spacial score (nSPS) is 22.6. The van der Waals surface area contributed by atoms with Gasteiger partial charge in [0.05, 0.1) is 31.0 Å². The summed E-state index contributed by atoms with van der Waals surface area (Å²) in [5.41, 5.74) is 3.35. The first kappa shape index (κ1) is 26.4. The van der Waals surface area contributed by atoms with Crippen LogP contribution in [0.25, 0.3) is 11.3 Å². The van der Waals surface area contributed by atoms with Crippen LogP contribution in [0.3, 0.4) is 0 Å². The fourth-order valence-corrected chi connectivity index (χ4v) is 5.57. The van der Waals surface area contributed by atoms with Crippen molar-refractivity contribution in [2.24, 2.45) is 7.05 Å². The number of halogens is 1. The summed E-state index contributed by atoms with van der Waals surface area (Å²) in [6.45, 7) is 4.72. The molecule has 2 aliphatic carbocycles. The van der Waals surface area contributed by atoms with Gasteiger partial charge in [0.1, 0.15) is 11.5 Å². The fourth-order valence-electron chi connectivity index (χ4n) is 5.57. The monoisotopic (exact) mass is 546 g/mol. The number of likely N-dealkylation sites (tertiary alicyclic amines) is 1. The van der Waals surface area contributed by atoms with Crippen molar-refractivity contribution in [2.75, 3.05) is 31.6 Å². The molecule has 3 atom stereocenters. The van der Waals surface area contributed by atoms with E-state index in [4.69, 9.17) is 9.84 Å². The molecule has 6 rings (SSSR count). The average molecular weight is 547 g/mol. The Morgan fingerprint density at radius 1 is 1.25 bits per heavy atom. The van der Waals surface area contributed by atoms with Crippen molar-refractivity contribution in [2.45, 2.75) is 50.3 Å². The standard InChI is InChI=1S/C29H35FN8O2/c1-19-27(21-15-32-36(2)16-21)35-38(22-6-4-3-5-7-22)28(19)34-29(39)33-25-18-37(12-13-40-23-8-9-23)17-24(25)20-10-11-31-26(30)14-20/h3-6,10-11,14-16,22-25H,7-9,12-13,17-18H2,1-2H3,(H2,33,34,39)/t22?,24-,25+/m0/s1. The number of rotatable bonds is 9. The number of allylic oxidation sites excluding steroid dienone is 4. The maximum atomic E-state index is 14.0. The molecule has 0 spiro atoms. The van der Waals surface area contributed by atoms with Crippen molar-refractivity contribution in [1.29, 1.82) is 0 Å². The van der Waals surface area contributed by atoms with E-state index in [1.54, 1.807) is 10.9 Å². The summed E-state index contributed by atoms with van der Waals surface area (Å²) < 4.78 is 23.5. The van der Waals surface area contributed by atoms with Gasteiger partial charge in [-0.1, -0.05) is 24.3 Å². The van der Waals surface area contributed by atoms with Crippen LogP contribution in [0.15, 0.2) is 55.0 Å². The number of pyridine rings is 1. The Kier molecular flexibility index (Phi) is 7.48. The van der Waals surface area contributed by atoms with E-state index in [1.807, 2.05) is 43.1 Å². The van der Waals surface area contributed by atoms with Crippen LogP contribution in [0.4, 0.5) is 15.0 Å². The van der Waals surface area contributed by atoms with Crippen molar-refractivity contribution in [3.8, 4) is 11.3 Å². The molecule has 40 heavy (non-hydrogen) atoms. The number of carbonyl (C=O) groups is 1. The topological polar surface area (TPSA) is 102 Å². The highest BCUT2D eigenvalue weighted by atomic mass is 19.1. The molecule has 10 nitrogen and oxygen atoms in total. The van der Waals surface area contributed by atoms with Crippen molar-refractivity contribution in [1.82, 2.24) is 34.8 Å². The van der Waals surface area contributed by atoms with E-state index >= 15 is 0 Å². The maximum Gasteiger partial charge on any atom is 0.320 e. The van der Waals surface area contributed by atoms with Gasteiger partial charge in [-0.2, -0.15) is 14.6 Å². The summed E-state index contributed by atoms with van der Waals surface area (Å²) in [4.78, 5) is 19.5. The van der Waals surface area contributed by atoms with E-state index in [1.165, 1.54) is 12.3 Å². The van der Waals surface area contributed by atoms with Crippen LogP contribution in [0.5, 0.6) is 0 Å². The van der Waals surface area contributed by atoms with Gasteiger partial charge in [-0.15, -0.1) is 0 Å². The molecule has 0 aromatic carbocycles. The number of hydrogen-bond acceptors (Lipinski definition) is 6. The summed E-state index contributed by atoms with van der Waals surface area (Å²) in [6, 6.07) is 2.73. The Labute approximate surface area is 232 Å². The number of carbonyl (C=O) groups excluding carboxylic acids is 1. The predicted molar refractivity (Wildman–Crippen MR) is 149 cm³/mol. The second-order valence-corrected chi connectivity index (χ2v) is 10.8. The Hall–Kier alpha value is -3.83. The molecule has 2 fully saturated rings. The van der Waals surface area contributed by atoms with Crippen LogP contribution in [0.2, 0.25) is 0 Å². The smallest absolute Gasteiger partial charge is 0.320 e. The number of hydrogen-bond donors (Lipinski definition) is 2. The largest absolute Gasteiger partial charge is 0.377 e. The molecule has 2 N–H and O–H groups in total. The molecular formula is C29H35FN8O2. The van der Waals surface area contributed by atoms with Gasteiger partial charge in [0.15, 0.2) is 0 Å². The third kappa shape index (κ3) is 5.85. The van der Waals surface area contributed by atoms with Crippen LogP contribution < -0.4 is 10.6 Å². The molecule has 3 aliphatic rings. The molecular weight excluding hydrogens is 511 g/mol. The van der Waals surface area contributed by atoms with Crippen molar-refractivity contribution < 1.29 is 13.9 Å². The first-order valence-corrected chi connectivity index (χ1v) is 13.9. The lowest BCUT2D eigenvalue weighted by atomic mass is 9.95. The molecule has 1 unspecified atom stereocenters. The molecule has 3 aromatic heterocycles. The highest BCUT2D eigenvalue weighted by molar-refractivity contribution is 5.90. The molecule has 0 bridgehead atoms. The van der Waals surface area contributed by atoms with E-state index in [2.05, 4.69) is 37.8 Å². The van der Waals surface area contributed by atoms with Gasteiger partial charge in [-0.05, 0) is 43.9 Å². The van der Waals surface area contributed by atoms with Gasteiger partial charge in [-0.3, -0.25) is 14.9 Å². The van der Waals surface area contributed by atoms with E-state index in [9.17, 15) is 9.18 Å². The number of urea groups is 1. The quantitative estimate of drug-likeness (QED) is 0.394. The third-order valence-corrected chi connectivity index (χ3v) is 7.81. The number of anilines is 1. The molecule has 1 saturated carbocycles. The average Bonchev–Trinajstić information content (AvgIpc) is 3.39. The lowest BCUT2D eigenvalue weighted by molar-refractivity contribution is 0.0976.